The maximum absolute atomic E-state index is 2.40. The van der Waals surface area contributed by atoms with Crippen molar-refractivity contribution in [3.63, 3.8) is 0 Å². The number of benzene rings is 2. The summed E-state index contributed by atoms with van der Waals surface area (Å²) >= 11 is -1.00. The van der Waals surface area contributed by atoms with Gasteiger partial charge in [-0.1, -0.05) is 0 Å². The van der Waals surface area contributed by atoms with Crippen LogP contribution in [0.25, 0.3) is 0 Å². The van der Waals surface area contributed by atoms with E-state index < -0.39 is 22.8 Å². The molecule has 0 bridgehead atoms. The van der Waals surface area contributed by atoms with Crippen LogP contribution in [0, 0.1) is 5.92 Å². The zero-order valence-electron chi connectivity index (χ0n) is 19.2. The molecule has 0 radical (unpaired) electrons. The predicted octanol–water partition coefficient (Wildman–Crippen LogP) is 1.64. The molecule has 165 valence electrons. The van der Waals surface area contributed by atoms with Crippen LogP contribution >= 0.6 is 0 Å². The summed E-state index contributed by atoms with van der Waals surface area (Å²) in [4.78, 5) is 0. The number of allylic oxidation sites excluding steroid dienone is 8. The minimum Gasteiger partial charge on any atom is -1.00 e. The molecule has 2 aliphatic rings. The summed E-state index contributed by atoms with van der Waals surface area (Å²) in [6, 6.07) is 22.3. The van der Waals surface area contributed by atoms with Crippen molar-refractivity contribution in [1.82, 2.24) is 0 Å². The first kappa shape index (κ1) is 27.0. The number of rotatable bonds is 7. The first-order valence-corrected chi connectivity index (χ1v) is 13.8. The molecule has 4 rings (SSSR count). The van der Waals surface area contributed by atoms with E-state index >= 15 is 0 Å². The Hall–Kier alpha value is -1.27. The van der Waals surface area contributed by atoms with Gasteiger partial charge in [0.2, 0.25) is 0 Å². The van der Waals surface area contributed by atoms with Gasteiger partial charge in [-0.25, -0.2) is 0 Å². The minimum absolute atomic E-state index is 0. The smallest absolute Gasteiger partial charge is 1.00 e. The molecule has 2 aliphatic carbocycles. The molecule has 2 aromatic rings. The first-order chi connectivity index (χ1) is 14.8. The van der Waals surface area contributed by atoms with Crippen LogP contribution < -0.4 is 24.8 Å². The van der Waals surface area contributed by atoms with Gasteiger partial charge < -0.3 is 24.8 Å². The van der Waals surface area contributed by atoms with Crippen LogP contribution in [0.1, 0.15) is 57.6 Å². The van der Waals surface area contributed by atoms with Crippen molar-refractivity contribution in [1.29, 1.82) is 0 Å². The molecular formula is C29H31Cl2Zr. The van der Waals surface area contributed by atoms with Gasteiger partial charge in [0.15, 0.2) is 0 Å². The molecule has 0 saturated heterocycles. The van der Waals surface area contributed by atoms with Crippen molar-refractivity contribution in [2.75, 3.05) is 0 Å². The summed E-state index contributed by atoms with van der Waals surface area (Å²) in [6.07, 6.45) is 11.6. The molecule has 0 saturated carbocycles. The Morgan fingerprint density at radius 3 is 1.78 bits per heavy atom. The Morgan fingerprint density at radius 1 is 0.781 bits per heavy atom. The fraction of sp³-hybridized carbons (Fsp3) is 0.276. The Kier molecular flexibility index (Phi) is 10.8. The van der Waals surface area contributed by atoms with E-state index in [1.165, 1.54) is 24.0 Å². The average molecular weight is 542 g/mol. The molecule has 0 amide bonds. The molecule has 0 aromatic heterocycles. The van der Waals surface area contributed by atoms with Gasteiger partial charge in [-0.15, -0.1) is 0 Å². The van der Waals surface area contributed by atoms with Crippen molar-refractivity contribution in [2.24, 2.45) is 5.92 Å². The summed E-state index contributed by atoms with van der Waals surface area (Å²) < 4.78 is 3.43. The third kappa shape index (κ3) is 5.44. The molecule has 0 fully saturated rings. The first-order valence-electron chi connectivity index (χ1n) is 11.3. The fourth-order valence-corrected chi connectivity index (χ4v) is 9.64. The summed E-state index contributed by atoms with van der Waals surface area (Å²) in [5, 5.41) is 0. The van der Waals surface area contributed by atoms with Gasteiger partial charge in [0.05, 0.1) is 0 Å². The Labute approximate surface area is 217 Å². The van der Waals surface area contributed by atoms with E-state index in [0.29, 0.717) is 5.92 Å². The zero-order chi connectivity index (χ0) is 20.9. The summed E-state index contributed by atoms with van der Waals surface area (Å²) in [6.45, 7) is 7.08. The topological polar surface area (TPSA) is 0 Å². The molecule has 2 aromatic carbocycles. The van der Waals surface area contributed by atoms with E-state index in [-0.39, 0.29) is 24.8 Å². The van der Waals surface area contributed by atoms with Gasteiger partial charge in [0, 0.05) is 0 Å². The molecule has 32 heavy (non-hydrogen) atoms. The van der Waals surface area contributed by atoms with E-state index in [1.807, 2.05) is 3.28 Å². The maximum Gasteiger partial charge on any atom is -1.00 e. The molecule has 0 N–H and O–H groups in total. The van der Waals surface area contributed by atoms with E-state index in [4.69, 9.17) is 0 Å². The van der Waals surface area contributed by atoms with Crippen molar-refractivity contribution >= 4 is 3.21 Å². The van der Waals surface area contributed by atoms with Crippen LogP contribution in [0.3, 0.4) is 0 Å². The van der Waals surface area contributed by atoms with Gasteiger partial charge in [-0.2, -0.15) is 0 Å². The van der Waals surface area contributed by atoms with Crippen LogP contribution in [0.2, 0.25) is 0 Å². The van der Waals surface area contributed by atoms with Crippen molar-refractivity contribution in [2.45, 2.75) is 46.5 Å². The maximum atomic E-state index is 2.40. The van der Waals surface area contributed by atoms with Crippen LogP contribution in [0.4, 0.5) is 0 Å². The number of halogens is 2. The second-order valence-electron chi connectivity index (χ2n) is 8.00. The second-order valence-corrected chi connectivity index (χ2v) is 11.2. The SMILES string of the molecule is CCC1=C(CC)C(C2=CC=CC2)[C]([Zr+2]=[C](c2ccccc2)c2ccccc2)=C1CC.[Cl-].[Cl-]. The number of hydrogen-bond donors (Lipinski definition) is 0. The molecule has 0 aliphatic heterocycles. The second kappa shape index (κ2) is 12.8. The summed E-state index contributed by atoms with van der Waals surface area (Å²) in [7, 11) is 0. The average Bonchev–Trinajstić information content (AvgIpc) is 3.43. The van der Waals surface area contributed by atoms with Gasteiger partial charge in [-0.3, -0.25) is 0 Å². The van der Waals surface area contributed by atoms with Gasteiger partial charge in [-0.05, 0) is 0 Å². The van der Waals surface area contributed by atoms with Crippen molar-refractivity contribution in [3.05, 3.63) is 116 Å². The monoisotopic (exact) mass is 539 g/mol. The van der Waals surface area contributed by atoms with Gasteiger partial charge in [0.1, 0.15) is 0 Å². The Morgan fingerprint density at radius 2 is 1.34 bits per heavy atom. The number of hydrogen-bond acceptors (Lipinski definition) is 0. The van der Waals surface area contributed by atoms with Crippen LogP contribution in [0.15, 0.2) is 104 Å². The summed E-state index contributed by atoms with van der Waals surface area (Å²) in [5.74, 6) is 0.559. The molecule has 0 heterocycles. The molecular weight excluding hydrogens is 510 g/mol. The van der Waals surface area contributed by atoms with E-state index in [2.05, 4.69) is 99.7 Å². The molecule has 0 nitrogen and oxygen atoms in total. The molecule has 3 heteroatoms. The quantitative estimate of drug-likeness (QED) is 0.500. The zero-order valence-corrected chi connectivity index (χ0v) is 23.1. The fourth-order valence-electron chi connectivity index (χ4n) is 5.03. The van der Waals surface area contributed by atoms with Crippen LogP contribution in [-0.4, -0.2) is 3.21 Å². The van der Waals surface area contributed by atoms with Crippen molar-refractivity contribution < 1.29 is 47.6 Å². The van der Waals surface area contributed by atoms with Crippen LogP contribution in [0.5, 0.6) is 0 Å². The van der Waals surface area contributed by atoms with E-state index in [0.717, 1.165) is 12.8 Å². The van der Waals surface area contributed by atoms with E-state index in [9.17, 15) is 0 Å². The molecule has 1 unspecified atom stereocenters. The largest absolute Gasteiger partial charge is 1.00 e. The van der Waals surface area contributed by atoms with E-state index in [1.54, 1.807) is 25.5 Å². The molecule has 1 atom stereocenters. The van der Waals surface area contributed by atoms with Gasteiger partial charge >= 0.3 is 194 Å². The Balaban J connectivity index is 0.00000181. The predicted molar refractivity (Wildman–Crippen MR) is 126 cm³/mol. The third-order valence-corrected chi connectivity index (χ3v) is 10.5. The third-order valence-electron chi connectivity index (χ3n) is 6.36. The van der Waals surface area contributed by atoms with Crippen LogP contribution in [-0.2, 0) is 22.8 Å². The van der Waals surface area contributed by atoms with Gasteiger partial charge in [0.25, 0.3) is 0 Å². The standard InChI is InChI=1S/C16H21.C13H10.2ClH.Zr/c1-4-12-11-16(13-9-7-8-10-13)15(6-3)14(12)5-2;1-3-7-12(8-4-1)11-13-9-5-2-6-10-13;;;/h7-9,16H,4-6,10H2,1-3H3;1-10H;2*1H;/q;;;;+2/p-2. The Bertz CT molecular complexity index is 1020. The van der Waals surface area contributed by atoms with Crippen molar-refractivity contribution in [3.8, 4) is 0 Å². The minimum atomic E-state index is -1.00. The normalized spacial score (nSPS) is 17.0. The summed E-state index contributed by atoms with van der Waals surface area (Å²) in [5.41, 5.74) is 9.53. The molecule has 0 spiro atoms.